The van der Waals surface area contributed by atoms with Crippen LogP contribution in [-0.2, 0) is 10.0 Å². The topological polar surface area (TPSA) is 50.3 Å². The highest BCUT2D eigenvalue weighted by Crippen LogP contribution is 2.20. The normalized spacial score (nSPS) is 18.2. The number of hydrogen-bond acceptors (Lipinski definition) is 3. The van der Waals surface area contributed by atoms with Crippen LogP contribution in [0.2, 0.25) is 0 Å². The summed E-state index contributed by atoms with van der Waals surface area (Å²) in [5, 5.41) is 0. The highest BCUT2D eigenvalue weighted by atomic mass is 127. The van der Waals surface area contributed by atoms with Gasteiger partial charge in [0.15, 0.2) is 0 Å². The van der Waals surface area contributed by atoms with Gasteiger partial charge in [-0.2, -0.15) is 4.31 Å². The maximum Gasteiger partial charge on any atom is 0.244 e. The van der Waals surface area contributed by atoms with E-state index in [1.165, 1.54) is 10.5 Å². The molecule has 0 spiro atoms. The number of hydrogen-bond donors (Lipinski definition) is 0. The van der Waals surface area contributed by atoms with E-state index in [-0.39, 0.29) is 0 Å². The van der Waals surface area contributed by atoms with Crippen molar-refractivity contribution in [2.24, 2.45) is 0 Å². The van der Waals surface area contributed by atoms with Crippen LogP contribution < -0.4 is 0 Å². The lowest BCUT2D eigenvalue weighted by Gasteiger charge is -2.14. The van der Waals surface area contributed by atoms with E-state index in [1.54, 1.807) is 12.1 Å². The molecule has 0 saturated carbocycles. The Morgan fingerprint density at radius 1 is 1.27 bits per heavy atom. The number of rotatable bonds is 2. The van der Waals surface area contributed by atoms with Crippen LogP contribution in [0, 0.1) is 3.70 Å². The molecule has 0 radical (unpaired) electrons. The maximum atomic E-state index is 12.0. The van der Waals surface area contributed by atoms with Gasteiger partial charge in [-0.05, 0) is 47.6 Å². The minimum absolute atomic E-state index is 0.296. The standard InChI is InChI=1S/C9H11IN2O2S/c10-9-4-3-8(7-11-9)15(13,14)12-5-1-2-6-12/h3-4,7H,1-2,5-6H2. The fourth-order valence-electron chi connectivity index (χ4n) is 1.59. The first-order chi connectivity index (χ1) is 7.10. The van der Waals surface area contributed by atoms with Gasteiger partial charge in [-0.15, -0.1) is 0 Å². The molecule has 0 unspecified atom stereocenters. The number of pyridine rings is 1. The van der Waals surface area contributed by atoms with Crippen molar-refractivity contribution in [1.82, 2.24) is 9.29 Å². The molecule has 0 N–H and O–H groups in total. The van der Waals surface area contributed by atoms with E-state index >= 15 is 0 Å². The summed E-state index contributed by atoms with van der Waals surface area (Å²) in [6.45, 7) is 1.27. The number of halogens is 1. The molecule has 1 aromatic heterocycles. The molecule has 15 heavy (non-hydrogen) atoms. The van der Waals surface area contributed by atoms with Crippen molar-refractivity contribution in [3.63, 3.8) is 0 Å². The highest BCUT2D eigenvalue weighted by molar-refractivity contribution is 14.1. The summed E-state index contributed by atoms with van der Waals surface area (Å²) in [6, 6.07) is 3.33. The molecule has 1 fully saturated rings. The van der Waals surface area contributed by atoms with E-state index in [0.717, 1.165) is 16.5 Å². The lowest BCUT2D eigenvalue weighted by molar-refractivity contribution is 0.477. The van der Waals surface area contributed by atoms with E-state index in [1.807, 2.05) is 0 Å². The first kappa shape index (κ1) is 11.3. The zero-order valence-electron chi connectivity index (χ0n) is 8.06. The quantitative estimate of drug-likeness (QED) is 0.606. The van der Waals surface area contributed by atoms with Crippen molar-refractivity contribution in [2.45, 2.75) is 17.7 Å². The second-order valence-corrected chi connectivity index (χ2v) is 6.47. The van der Waals surface area contributed by atoms with E-state index in [4.69, 9.17) is 0 Å². The third-order valence-electron chi connectivity index (χ3n) is 2.40. The van der Waals surface area contributed by atoms with Crippen molar-refractivity contribution in [2.75, 3.05) is 13.1 Å². The first-order valence-electron chi connectivity index (χ1n) is 4.72. The van der Waals surface area contributed by atoms with Crippen LogP contribution in [0.5, 0.6) is 0 Å². The summed E-state index contributed by atoms with van der Waals surface area (Å²) in [5.41, 5.74) is 0. The Morgan fingerprint density at radius 3 is 2.47 bits per heavy atom. The molecule has 0 bridgehead atoms. The summed E-state index contributed by atoms with van der Waals surface area (Å²) < 4.78 is 26.4. The summed E-state index contributed by atoms with van der Waals surface area (Å²) in [5.74, 6) is 0. The van der Waals surface area contributed by atoms with Gasteiger partial charge in [-0.25, -0.2) is 13.4 Å². The fraction of sp³-hybridized carbons (Fsp3) is 0.444. The third-order valence-corrected chi connectivity index (χ3v) is 4.92. The molecule has 1 aromatic rings. The zero-order chi connectivity index (χ0) is 10.9. The predicted octanol–water partition coefficient (Wildman–Crippen LogP) is 1.47. The van der Waals surface area contributed by atoms with E-state index in [2.05, 4.69) is 27.6 Å². The van der Waals surface area contributed by atoms with Crippen LogP contribution in [0.15, 0.2) is 23.2 Å². The van der Waals surface area contributed by atoms with Crippen LogP contribution in [0.4, 0.5) is 0 Å². The first-order valence-corrected chi connectivity index (χ1v) is 7.24. The monoisotopic (exact) mass is 338 g/mol. The smallest absolute Gasteiger partial charge is 0.244 e. The minimum atomic E-state index is -3.29. The predicted molar refractivity (Wildman–Crippen MR) is 64.9 cm³/mol. The molecule has 0 aromatic carbocycles. The van der Waals surface area contributed by atoms with Gasteiger partial charge in [-0.1, -0.05) is 0 Å². The second-order valence-electron chi connectivity index (χ2n) is 3.43. The molecule has 0 amide bonds. The van der Waals surface area contributed by atoms with Gasteiger partial charge in [0, 0.05) is 19.3 Å². The van der Waals surface area contributed by atoms with Crippen LogP contribution in [0.1, 0.15) is 12.8 Å². The molecule has 0 aliphatic carbocycles. The number of sulfonamides is 1. The molecular weight excluding hydrogens is 327 g/mol. The Hall–Kier alpha value is -0.210. The van der Waals surface area contributed by atoms with Crippen molar-refractivity contribution < 1.29 is 8.42 Å². The van der Waals surface area contributed by atoms with Crippen LogP contribution in [0.25, 0.3) is 0 Å². The van der Waals surface area contributed by atoms with Gasteiger partial charge in [0.05, 0.1) is 0 Å². The average Bonchev–Trinajstić information content (AvgIpc) is 2.71. The molecule has 1 aliphatic rings. The Morgan fingerprint density at radius 2 is 1.93 bits per heavy atom. The van der Waals surface area contributed by atoms with Gasteiger partial charge in [-0.3, -0.25) is 0 Å². The largest absolute Gasteiger partial charge is 0.249 e. The minimum Gasteiger partial charge on any atom is -0.249 e. The Kier molecular flexibility index (Phi) is 3.27. The van der Waals surface area contributed by atoms with Gasteiger partial charge >= 0.3 is 0 Å². The Bertz CT molecular complexity index is 438. The van der Waals surface area contributed by atoms with Gasteiger partial charge in [0.1, 0.15) is 8.60 Å². The van der Waals surface area contributed by atoms with Crippen LogP contribution in [-0.4, -0.2) is 30.8 Å². The zero-order valence-corrected chi connectivity index (χ0v) is 11.0. The van der Waals surface area contributed by atoms with E-state index < -0.39 is 10.0 Å². The van der Waals surface area contributed by atoms with E-state index in [0.29, 0.717) is 18.0 Å². The lowest BCUT2D eigenvalue weighted by atomic mass is 10.4. The maximum absolute atomic E-state index is 12.0. The lowest BCUT2D eigenvalue weighted by Crippen LogP contribution is -2.27. The third kappa shape index (κ3) is 2.31. The number of aromatic nitrogens is 1. The second kappa shape index (κ2) is 4.34. The fourth-order valence-corrected chi connectivity index (χ4v) is 3.37. The van der Waals surface area contributed by atoms with Crippen molar-refractivity contribution in [3.8, 4) is 0 Å². The molecule has 2 rings (SSSR count). The van der Waals surface area contributed by atoms with Crippen LogP contribution in [0.3, 0.4) is 0 Å². The number of nitrogens with zero attached hydrogens (tertiary/aromatic N) is 2. The highest BCUT2D eigenvalue weighted by Gasteiger charge is 2.27. The SMILES string of the molecule is O=S(=O)(c1ccc(I)nc1)N1CCCC1. The van der Waals surface area contributed by atoms with Crippen LogP contribution >= 0.6 is 22.6 Å². The van der Waals surface area contributed by atoms with Crippen molar-refractivity contribution in [3.05, 3.63) is 22.0 Å². The van der Waals surface area contributed by atoms with Crippen molar-refractivity contribution in [1.29, 1.82) is 0 Å². The molecule has 0 atom stereocenters. The summed E-state index contributed by atoms with van der Waals surface area (Å²) in [7, 11) is -3.29. The van der Waals surface area contributed by atoms with Gasteiger partial charge in [0.25, 0.3) is 0 Å². The molecule has 82 valence electrons. The van der Waals surface area contributed by atoms with Gasteiger partial charge in [0.2, 0.25) is 10.0 Å². The molecule has 4 nitrogen and oxygen atoms in total. The summed E-state index contributed by atoms with van der Waals surface area (Å²) in [4.78, 5) is 4.29. The van der Waals surface area contributed by atoms with Gasteiger partial charge < -0.3 is 0 Å². The molecule has 1 saturated heterocycles. The Balaban J connectivity index is 2.32. The molecule has 1 aliphatic heterocycles. The molecule has 2 heterocycles. The van der Waals surface area contributed by atoms with Crippen molar-refractivity contribution >= 4 is 32.6 Å². The van der Waals surface area contributed by atoms with E-state index in [9.17, 15) is 8.42 Å². The Labute approximate surface area is 103 Å². The molecular formula is C9H11IN2O2S. The summed E-state index contributed by atoms with van der Waals surface area (Å²) in [6.07, 6.45) is 3.34. The summed E-state index contributed by atoms with van der Waals surface area (Å²) >= 11 is 2.05. The molecule has 6 heteroatoms. The average molecular weight is 338 g/mol.